The van der Waals surface area contributed by atoms with Crippen LogP contribution in [0, 0.1) is 0 Å². The Labute approximate surface area is 153 Å². The maximum Gasteiger partial charge on any atom is 0.387 e. The quantitative estimate of drug-likeness (QED) is 0.670. The molecular formula is C20H15F2NO2S. The van der Waals surface area contributed by atoms with Gasteiger partial charge in [-0.15, -0.1) is 11.3 Å². The highest BCUT2D eigenvalue weighted by Crippen LogP contribution is 2.39. The molecule has 0 atom stereocenters. The summed E-state index contributed by atoms with van der Waals surface area (Å²) < 4.78 is 29.5. The number of alkyl halides is 2. The van der Waals surface area contributed by atoms with Crippen molar-refractivity contribution in [2.24, 2.45) is 0 Å². The third kappa shape index (κ3) is 3.20. The first-order valence-electron chi connectivity index (χ1n) is 8.18. The first kappa shape index (κ1) is 16.7. The van der Waals surface area contributed by atoms with Gasteiger partial charge in [-0.25, -0.2) is 0 Å². The molecule has 0 saturated heterocycles. The molecule has 2 aromatic carbocycles. The molecule has 1 aromatic heterocycles. The molecule has 0 fully saturated rings. The van der Waals surface area contributed by atoms with Crippen molar-refractivity contribution in [1.82, 2.24) is 0 Å². The van der Waals surface area contributed by atoms with Crippen molar-refractivity contribution in [3.63, 3.8) is 0 Å². The van der Waals surface area contributed by atoms with E-state index in [2.05, 4.69) is 22.2 Å². The first-order chi connectivity index (χ1) is 12.6. The van der Waals surface area contributed by atoms with E-state index < -0.39 is 6.61 Å². The minimum Gasteiger partial charge on any atom is -0.433 e. The summed E-state index contributed by atoms with van der Waals surface area (Å²) in [5.41, 5.74) is 3.82. The predicted octanol–water partition coefficient (Wildman–Crippen LogP) is 5.37. The molecule has 0 unspecified atom stereocenters. The molecule has 0 spiro atoms. The summed E-state index contributed by atoms with van der Waals surface area (Å²) in [5.74, 6) is -0.380. The second-order valence-corrected chi connectivity index (χ2v) is 7.00. The SMILES string of the molecule is O=C(Nc1ccccc1OC(F)F)c1cc2c(s1)-c1ccccc1CC2. The number of carbonyl (C=O) groups is 1. The highest BCUT2D eigenvalue weighted by Gasteiger charge is 2.22. The van der Waals surface area contributed by atoms with Crippen molar-refractivity contribution < 1.29 is 18.3 Å². The van der Waals surface area contributed by atoms with Gasteiger partial charge in [-0.1, -0.05) is 36.4 Å². The number of nitrogens with one attached hydrogen (secondary N) is 1. The molecule has 1 N–H and O–H groups in total. The lowest BCUT2D eigenvalue weighted by molar-refractivity contribution is -0.0493. The molecule has 4 rings (SSSR count). The Bertz CT molecular complexity index is 968. The van der Waals surface area contributed by atoms with Crippen LogP contribution in [0.25, 0.3) is 10.4 Å². The number of para-hydroxylation sites is 2. The highest BCUT2D eigenvalue weighted by molar-refractivity contribution is 7.17. The van der Waals surface area contributed by atoms with E-state index in [1.165, 1.54) is 28.5 Å². The normalized spacial score (nSPS) is 12.4. The van der Waals surface area contributed by atoms with Gasteiger partial charge in [-0.3, -0.25) is 4.79 Å². The maximum atomic E-state index is 12.6. The molecule has 1 aliphatic rings. The highest BCUT2D eigenvalue weighted by atomic mass is 32.1. The second-order valence-electron chi connectivity index (χ2n) is 5.95. The van der Waals surface area contributed by atoms with E-state index in [-0.39, 0.29) is 17.3 Å². The lowest BCUT2D eigenvalue weighted by Gasteiger charge is -2.15. The number of fused-ring (bicyclic) bond motifs is 3. The number of anilines is 1. The number of rotatable bonds is 4. The lowest BCUT2D eigenvalue weighted by Crippen LogP contribution is -2.12. The van der Waals surface area contributed by atoms with E-state index in [1.807, 2.05) is 18.2 Å². The molecule has 0 radical (unpaired) electrons. The molecule has 0 bridgehead atoms. The van der Waals surface area contributed by atoms with E-state index in [9.17, 15) is 13.6 Å². The molecule has 0 saturated carbocycles. The van der Waals surface area contributed by atoms with Crippen LogP contribution in [0.15, 0.2) is 54.6 Å². The molecule has 26 heavy (non-hydrogen) atoms. The summed E-state index contributed by atoms with van der Waals surface area (Å²) in [6.45, 7) is -2.95. The van der Waals surface area contributed by atoms with Gasteiger partial charge in [0.25, 0.3) is 5.91 Å². The Morgan fingerprint density at radius 1 is 1.04 bits per heavy atom. The van der Waals surface area contributed by atoms with Crippen LogP contribution in [0.1, 0.15) is 20.8 Å². The molecule has 1 amide bonds. The summed E-state index contributed by atoms with van der Waals surface area (Å²) in [6, 6.07) is 16.2. The average Bonchev–Trinajstić information content (AvgIpc) is 3.08. The molecule has 0 aliphatic heterocycles. The second kappa shape index (κ2) is 6.88. The number of thiophene rings is 1. The fourth-order valence-corrected chi connectivity index (χ4v) is 4.30. The fourth-order valence-electron chi connectivity index (χ4n) is 3.14. The number of carbonyl (C=O) groups excluding carboxylic acids is 1. The summed E-state index contributed by atoms with van der Waals surface area (Å²) >= 11 is 1.42. The van der Waals surface area contributed by atoms with E-state index in [1.54, 1.807) is 18.2 Å². The fraction of sp³-hybridized carbons (Fsp3) is 0.150. The van der Waals surface area contributed by atoms with Crippen molar-refractivity contribution in [2.75, 3.05) is 5.32 Å². The average molecular weight is 371 g/mol. The summed E-state index contributed by atoms with van der Waals surface area (Å²) in [6.07, 6.45) is 1.84. The number of amides is 1. The van der Waals surface area contributed by atoms with Crippen LogP contribution in [0.5, 0.6) is 5.75 Å². The molecule has 1 aliphatic carbocycles. The molecule has 6 heteroatoms. The van der Waals surface area contributed by atoms with Gasteiger partial charge in [0.2, 0.25) is 0 Å². The van der Waals surface area contributed by atoms with E-state index >= 15 is 0 Å². The molecular weight excluding hydrogens is 356 g/mol. The van der Waals surface area contributed by atoms with Crippen molar-refractivity contribution >= 4 is 22.9 Å². The van der Waals surface area contributed by atoms with Crippen LogP contribution >= 0.6 is 11.3 Å². The van der Waals surface area contributed by atoms with Gasteiger partial charge in [0.05, 0.1) is 10.6 Å². The Balaban J connectivity index is 1.61. The summed E-state index contributed by atoms with van der Waals surface area (Å²) in [5, 5.41) is 2.68. The Kier molecular flexibility index (Phi) is 4.42. The molecule has 1 heterocycles. The number of halogens is 2. The van der Waals surface area contributed by atoms with Gasteiger partial charge in [-0.05, 0) is 47.7 Å². The number of hydrogen-bond donors (Lipinski definition) is 1. The topological polar surface area (TPSA) is 38.3 Å². The standard InChI is InChI=1S/C20H15F2NO2S/c21-20(22)25-16-8-4-3-7-15(16)23-19(24)17-11-13-10-9-12-5-1-2-6-14(12)18(13)26-17/h1-8,11,20H,9-10H2,(H,23,24). The van der Waals surface area contributed by atoms with Crippen LogP contribution in [0.2, 0.25) is 0 Å². The lowest BCUT2D eigenvalue weighted by atomic mass is 9.91. The summed E-state index contributed by atoms with van der Waals surface area (Å²) in [7, 11) is 0. The van der Waals surface area contributed by atoms with Gasteiger partial charge in [0.1, 0.15) is 5.75 Å². The maximum absolute atomic E-state index is 12.6. The summed E-state index contributed by atoms with van der Waals surface area (Å²) in [4.78, 5) is 14.3. The number of benzene rings is 2. The zero-order chi connectivity index (χ0) is 18.1. The van der Waals surface area contributed by atoms with Crippen molar-refractivity contribution in [3.05, 3.63) is 70.6 Å². The molecule has 132 valence electrons. The molecule has 3 nitrogen and oxygen atoms in total. The monoisotopic (exact) mass is 371 g/mol. The predicted molar refractivity (Wildman–Crippen MR) is 98.2 cm³/mol. The van der Waals surface area contributed by atoms with E-state index in [4.69, 9.17) is 0 Å². The number of aryl methyl sites for hydroxylation is 2. The third-order valence-corrected chi connectivity index (χ3v) is 5.52. The van der Waals surface area contributed by atoms with E-state index in [0.29, 0.717) is 4.88 Å². The van der Waals surface area contributed by atoms with Gasteiger partial charge in [-0.2, -0.15) is 8.78 Å². The zero-order valence-corrected chi connectivity index (χ0v) is 14.5. The van der Waals surface area contributed by atoms with Crippen LogP contribution in [-0.2, 0) is 12.8 Å². The van der Waals surface area contributed by atoms with Crippen LogP contribution < -0.4 is 10.1 Å². The molecule has 3 aromatic rings. The van der Waals surface area contributed by atoms with Crippen molar-refractivity contribution in [2.45, 2.75) is 19.5 Å². The van der Waals surface area contributed by atoms with E-state index in [0.717, 1.165) is 23.3 Å². The van der Waals surface area contributed by atoms with Crippen molar-refractivity contribution in [1.29, 1.82) is 0 Å². The number of ether oxygens (including phenoxy) is 1. The van der Waals surface area contributed by atoms with Crippen LogP contribution in [0.3, 0.4) is 0 Å². The zero-order valence-electron chi connectivity index (χ0n) is 13.7. The Morgan fingerprint density at radius 3 is 2.62 bits per heavy atom. The van der Waals surface area contributed by atoms with Gasteiger partial charge >= 0.3 is 6.61 Å². The third-order valence-electron chi connectivity index (χ3n) is 4.31. The van der Waals surface area contributed by atoms with Gasteiger partial charge < -0.3 is 10.1 Å². The minimum atomic E-state index is -2.95. The van der Waals surface area contributed by atoms with Gasteiger partial charge in [0.15, 0.2) is 0 Å². The van der Waals surface area contributed by atoms with Crippen molar-refractivity contribution in [3.8, 4) is 16.2 Å². The van der Waals surface area contributed by atoms with Crippen LogP contribution in [-0.4, -0.2) is 12.5 Å². The van der Waals surface area contributed by atoms with Gasteiger partial charge in [0, 0.05) is 4.88 Å². The minimum absolute atomic E-state index is 0.0532. The Hall–Kier alpha value is -2.73. The Morgan fingerprint density at radius 2 is 1.77 bits per heavy atom. The largest absolute Gasteiger partial charge is 0.433 e. The number of hydrogen-bond acceptors (Lipinski definition) is 3. The smallest absolute Gasteiger partial charge is 0.387 e. The first-order valence-corrected chi connectivity index (χ1v) is 8.99. The van der Waals surface area contributed by atoms with Crippen LogP contribution in [0.4, 0.5) is 14.5 Å².